The Kier molecular flexibility index (Phi) is 8.14. The van der Waals surface area contributed by atoms with E-state index in [4.69, 9.17) is 15.3 Å². The molecule has 0 aliphatic heterocycles. The van der Waals surface area contributed by atoms with Crippen LogP contribution in [0.5, 0.6) is 0 Å². The molecule has 0 spiro atoms. The van der Waals surface area contributed by atoms with Gasteiger partial charge >= 0.3 is 17.9 Å². The van der Waals surface area contributed by atoms with E-state index in [1.54, 1.807) is 0 Å². The van der Waals surface area contributed by atoms with Crippen LogP contribution < -0.4 is 0 Å². The molecule has 8 heteroatoms. The fraction of sp³-hybridized carbons (Fsp3) is 0.500. The van der Waals surface area contributed by atoms with Crippen LogP contribution in [-0.2, 0) is 14.4 Å². The molecule has 0 saturated heterocycles. The molecule has 0 unspecified atom stereocenters. The molecule has 0 heterocycles. The number of rotatable bonds is 6. The molecule has 0 aliphatic carbocycles. The van der Waals surface area contributed by atoms with Crippen LogP contribution >= 0.6 is 0 Å². The summed E-state index contributed by atoms with van der Waals surface area (Å²) in [6.45, 7) is -1.80. The minimum Gasteiger partial charge on any atom is -0.480 e. The van der Waals surface area contributed by atoms with Crippen molar-refractivity contribution in [2.75, 3.05) is 19.6 Å². The van der Waals surface area contributed by atoms with Gasteiger partial charge in [0.05, 0.1) is 19.6 Å². The topological polar surface area (TPSA) is 115 Å². The Morgan fingerprint density at radius 3 is 1.14 bits per heavy atom. The molecule has 0 fully saturated rings. The summed E-state index contributed by atoms with van der Waals surface area (Å²) in [5, 5.41) is 24.8. The van der Waals surface area contributed by atoms with Crippen molar-refractivity contribution < 1.29 is 29.7 Å². The summed E-state index contributed by atoms with van der Waals surface area (Å²) >= 11 is 0. The van der Waals surface area contributed by atoms with Crippen LogP contribution in [-0.4, -0.2) is 76.6 Å². The molecular weight excluding hydrogens is 189 g/mol. The Labute approximate surface area is 91.5 Å². The number of carbonyl (C=O) groups is 3. The molecule has 1 radical (unpaired) electrons. The largest absolute Gasteiger partial charge is 0.480 e. The summed E-state index contributed by atoms with van der Waals surface area (Å²) in [7, 11) is 0. The van der Waals surface area contributed by atoms with Gasteiger partial charge in [0.2, 0.25) is 0 Å². The van der Waals surface area contributed by atoms with Crippen molar-refractivity contribution in [2.24, 2.45) is 0 Å². The molecule has 7 nitrogen and oxygen atoms in total. The predicted octanol–water partition coefficient (Wildman–Crippen LogP) is -1.84. The maximum atomic E-state index is 10.1. The second-order valence-electron chi connectivity index (χ2n) is 2.33. The normalized spacial score (nSPS) is 9.21. The Balaban J connectivity index is 0. The van der Waals surface area contributed by atoms with Crippen molar-refractivity contribution in [3.63, 3.8) is 0 Å². The number of carboxylic acid groups (broad SMARTS) is 3. The third-order valence-corrected chi connectivity index (χ3v) is 1.08. The van der Waals surface area contributed by atoms with Crippen molar-refractivity contribution >= 4 is 36.8 Å². The fourth-order valence-corrected chi connectivity index (χ4v) is 0.742. The zero-order chi connectivity index (χ0) is 10.4. The number of aliphatic carboxylic acids is 3. The van der Waals surface area contributed by atoms with Gasteiger partial charge in [-0.2, -0.15) is 0 Å². The number of hydrogen-bond donors (Lipinski definition) is 3. The minimum absolute atomic E-state index is 0. The van der Waals surface area contributed by atoms with Crippen molar-refractivity contribution in [3.8, 4) is 0 Å². The van der Waals surface area contributed by atoms with E-state index in [-0.39, 0.29) is 18.9 Å². The standard InChI is InChI=1S/C6H9NO6.Li/c8-4(9)1-7(2-5(10)11)3-6(12)13;/h1-3H2,(H,8,9)(H,10,11)(H,12,13);. The predicted molar refractivity (Wildman–Crippen MR) is 45.1 cm³/mol. The van der Waals surface area contributed by atoms with Gasteiger partial charge < -0.3 is 15.3 Å². The second kappa shape index (κ2) is 7.38. The van der Waals surface area contributed by atoms with Crippen molar-refractivity contribution in [2.45, 2.75) is 0 Å². The van der Waals surface area contributed by atoms with Crippen LogP contribution in [0, 0.1) is 0 Å². The number of carboxylic acids is 3. The molecule has 0 aromatic heterocycles. The Hall–Kier alpha value is -1.03. The summed E-state index contributed by atoms with van der Waals surface area (Å²) in [4.78, 5) is 31.2. The molecule has 0 aliphatic rings. The van der Waals surface area contributed by atoms with Crippen LogP contribution in [0.25, 0.3) is 0 Å². The van der Waals surface area contributed by atoms with Gasteiger partial charge in [-0.05, 0) is 0 Å². The van der Waals surface area contributed by atoms with Crippen LogP contribution in [0.15, 0.2) is 0 Å². The van der Waals surface area contributed by atoms with Gasteiger partial charge in [-0.25, -0.2) is 0 Å². The average molecular weight is 198 g/mol. The Morgan fingerprint density at radius 2 is 1.00 bits per heavy atom. The van der Waals surface area contributed by atoms with E-state index < -0.39 is 37.5 Å². The first-order chi connectivity index (χ1) is 5.91. The SMILES string of the molecule is O=C(O)CN(CC(=O)O)CC(=O)O.[Li]. The first kappa shape index (κ1) is 15.4. The zero-order valence-corrected chi connectivity index (χ0v) is 7.63. The average Bonchev–Trinajstić information content (AvgIpc) is 1.80. The Morgan fingerprint density at radius 1 is 0.786 bits per heavy atom. The van der Waals surface area contributed by atoms with E-state index in [1.165, 1.54) is 0 Å². The molecule has 0 aromatic rings. The van der Waals surface area contributed by atoms with E-state index in [0.29, 0.717) is 0 Å². The van der Waals surface area contributed by atoms with Crippen LogP contribution in [0.2, 0.25) is 0 Å². The van der Waals surface area contributed by atoms with Gasteiger partial charge in [-0.3, -0.25) is 19.3 Å². The van der Waals surface area contributed by atoms with Crippen LogP contribution in [0.4, 0.5) is 0 Å². The van der Waals surface area contributed by atoms with E-state index in [2.05, 4.69) is 0 Å². The van der Waals surface area contributed by atoms with Gasteiger partial charge in [0, 0.05) is 18.9 Å². The zero-order valence-electron chi connectivity index (χ0n) is 7.63. The van der Waals surface area contributed by atoms with Gasteiger partial charge in [-0.15, -0.1) is 0 Å². The Bertz CT molecular complexity index is 192. The van der Waals surface area contributed by atoms with Gasteiger partial charge in [0.25, 0.3) is 0 Å². The smallest absolute Gasteiger partial charge is 0.317 e. The molecule has 75 valence electrons. The molecule has 3 N–H and O–H groups in total. The summed E-state index contributed by atoms with van der Waals surface area (Å²) in [6.07, 6.45) is 0. The second-order valence-corrected chi connectivity index (χ2v) is 2.33. The molecule has 0 atom stereocenters. The van der Waals surface area contributed by atoms with Crippen molar-refractivity contribution in [1.29, 1.82) is 0 Å². The van der Waals surface area contributed by atoms with Crippen molar-refractivity contribution in [3.05, 3.63) is 0 Å². The van der Waals surface area contributed by atoms with Crippen LogP contribution in [0.3, 0.4) is 0 Å². The summed E-state index contributed by atoms with van der Waals surface area (Å²) in [5.74, 6) is -3.78. The third kappa shape index (κ3) is 9.06. The van der Waals surface area contributed by atoms with Gasteiger partial charge in [0.15, 0.2) is 0 Å². The first-order valence-electron chi connectivity index (χ1n) is 3.29. The molecule has 14 heavy (non-hydrogen) atoms. The number of nitrogens with zero attached hydrogens (tertiary/aromatic N) is 1. The summed E-state index contributed by atoms with van der Waals surface area (Å²) in [5.41, 5.74) is 0. The molecule has 0 aromatic carbocycles. The van der Waals surface area contributed by atoms with Crippen molar-refractivity contribution in [1.82, 2.24) is 4.90 Å². The maximum absolute atomic E-state index is 10.1. The molecule has 0 saturated carbocycles. The monoisotopic (exact) mass is 198 g/mol. The molecule has 0 amide bonds. The number of hydrogen-bond acceptors (Lipinski definition) is 4. The minimum atomic E-state index is -1.26. The molecule has 0 bridgehead atoms. The summed E-state index contributed by atoms with van der Waals surface area (Å²) in [6, 6.07) is 0. The van der Waals surface area contributed by atoms with Gasteiger partial charge in [-0.1, -0.05) is 0 Å². The van der Waals surface area contributed by atoms with E-state index >= 15 is 0 Å². The third-order valence-electron chi connectivity index (χ3n) is 1.08. The van der Waals surface area contributed by atoms with Crippen LogP contribution in [0.1, 0.15) is 0 Å². The fourth-order valence-electron chi connectivity index (χ4n) is 0.742. The maximum Gasteiger partial charge on any atom is 0.317 e. The van der Waals surface area contributed by atoms with E-state index in [1.807, 2.05) is 0 Å². The van der Waals surface area contributed by atoms with E-state index in [0.717, 1.165) is 4.90 Å². The van der Waals surface area contributed by atoms with E-state index in [9.17, 15) is 14.4 Å². The molecular formula is C6H9LiNO6. The summed E-state index contributed by atoms with van der Waals surface area (Å²) < 4.78 is 0. The molecule has 0 rings (SSSR count). The first-order valence-corrected chi connectivity index (χ1v) is 3.29. The van der Waals surface area contributed by atoms with Gasteiger partial charge in [0.1, 0.15) is 0 Å². The quantitative estimate of drug-likeness (QED) is 0.429.